The number of nitrogens with one attached hydrogen (secondary N) is 2. The van der Waals surface area contributed by atoms with Gasteiger partial charge in [0.05, 0.1) is 10.6 Å². The number of benzene rings is 1. The van der Waals surface area contributed by atoms with Crippen LogP contribution in [0, 0.1) is 0 Å². The number of carbonyl (C=O) groups is 3. The smallest absolute Gasteiger partial charge is 0.354 e. The largest absolute Gasteiger partial charge is 0.477 e. The van der Waals surface area contributed by atoms with E-state index in [1.807, 2.05) is 11.6 Å². The van der Waals surface area contributed by atoms with E-state index in [2.05, 4.69) is 10.3 Å². The highest BCUT2D eigenvalue weighted by atomic mass is 35.5. The van der Waals surface area contributed by atoms with Crippen LogP contribution in [0.15, 0.2) is 41.4 Å². The minimum atomic E-state index is -4.36. The van der Waals surface area contributed by atoms with E-state index in [9.17, 15) is 22.8 Å². The molecule has 2 rings (SSSR count). The molecule has 0 aliphatic heterocycles. The molecule has 1 aromatic carbocycles. The molecule has 0 saturated heterocycles. The predicted molar refractivity (Wildman–Crippen MR) is 111 cm³/mol. The summed E-state index contributed by atoms with van der Waals surface area (Å²) >= 11 is 6.04. The molecule has 0 saturated carbocycles. The number of pyridine rings is 1. The Balaban J connectivity index is 2.08. The number of nitrogens with zero attached hydrogens (tertiary/aromatic N) is 1. The van der Waals surface area contributed by atoms with Crippen LogP contribution in [-0.4, -0.2) is 56.1 Å². The maximum atomic E-state index is 12.5. The van der Waals surface area contributed by atoms with Crippen molar-refractivity contribution in [1.82, 2.24) is 15.0 Å². The van der Waals surface area contributed by atoms with Gasteiger partial charge in [0, 0.05) is 31.5 Å². The van der Waals surface area contributed by atoms with Crippen molar-refractivity contribution >= 4 is 39.4 Å². The first kappa shape index (κ1) is 24.3. The molecule has 1 heterocycles. The minimum absolute atomic E-state index is 0.153. The maximum Gasteiger partial charge on any atom is 0.354 e. The second kappa shape index (κ2) is 10.8. The van der Waals surface area contributed by atoms with Gasteiger partial charge in [-0.25, -0.2) is 22.9 Å². The average molecular weight is 470 g/mol. The quantitative estimate of drug-likeness (QED) is 0.444. The molecular weight excluding hydrogens is 450 g/mol. The van der Waals surface area contributed by atoms with Crippen LogP contribution in [0.5, 0.6) is 0 Å². The van der Waals surface area contributed by atoms with E-state index in [4.69, 9.17) is 21.4 Å². The summed E-state index contributed by atoms with van der Waals surface area (Å²) in [6, 6.07) is 5.76. The van der Waals surface area contributed by atoms with Crippen LogP contribution < -0.4 is 10.0 Å². The number of aromatic nitrogens is 1. The van der Waals surface area contributed by atoms with Crippen molar-refractivity contribution in [3.05, 3.63) is 58.4 Å². The van der Waals surface area contributed by atoms with Crippen molar-refractivity contribution in [3.63, 3.8) is 0 Å². The lowest BCUT2D eigenvalue weighted by Crippen LogP contribution is -2.31. The summed E-state index contributed by atoms with van der Waals surface area (Å²) < 4.78 is 32.0. The van der Waals surface area contributed by atoms with E-state index in [0.717, 1.165) is 24.4 Å². The first-order valence-corrected chi connectivity index (χ1v) is 10.9. The minimum Gasteiger partial charge on any atom is -0.477 e. The monoisotopic (exact) mass is 469 g/mol. The number of hydrogen-bond donors (Lipinski definition) is 3. The number of hydrogen-bond acceptors (Lipinski definition) is 7. The van der Waals surface area contributed by atoms with Crippen LogP contribution in [0.2, 0.25) is 5.02 Å². The molecule has 2 amide bonds. The summed E-state index contributed by atoms with van der Waals surface area (Å²) in [6.45, 7) is 3.33. The third-order valence-electron chi connectivity index (χ3n) is 3.91. The number of carbonyl (C=O) groups excluding carboxylic acids is 2. The van der Waals surface area contributed by atoms with Crippen LogP contribution in [-0.2, 0) is 14.8 Å². The fourth-order valence-electron chi connectivity index (χ4n) is 2.37. The molecule has 1 aromatic heterocycles. The lowest BCUT2D eigenvalue weighted by Gasteiger charge is -2.10. The van der Waals surface area contributed by atoms with Crippen molar-refractivity contribution in [2.45, 2.75) is 18.2 Å². The van der Waals surface area contributed by atoms with Gasteiger partial charge in [0.25, 0.3) is 21.8 Å². The second-order valence-electron chi connectivity index (χ2n) is 6.12. The molecule has 0 unspecified atom stereocenters. The molecule has 3 N–H and O–H groups in total. The molecular formula is C19H20ClN3O7S. The molecule has 0 aliphatic rings. The lowest BCUT2D eigenvalue weighted by molar-refractivity contribution is 0.0689. The fraction of sp³-hybridized carbons (Fsp3) is 0.263. The summed E-state index contributed by atoms with van der Waals surface area (Å²) in [5, 5.41) is 11.2. The molecule has 0 spiro atoms. The number of amides is 2. The van der Waals surface area contributed by atoms with Crippen molar-refractivity contribution in [2.75, 3.05) is 19.8 Å². The van der Waals surface area contributed by atoms with Gasteiger partial charge in [-0.15, -0.1) is 0 Å². The number of rotatable bonds is 10. The Morgan fingerprint density at radius 1 is 1.13 bits per heavy atom. The zero-order chi connectivity index (χ0) is 23.0. The Bertz CT molecular complexity index is 1070. The molecule has 12 heteroatoms. The van der Waals surface area contributed by atoms with Crippen LogP contribution in [0.25, 0.3) is 0 Å². The van der Waals surface area contributed by atoms with Gasteiger partial charge in [0.2, 0.25) is 0 Å². The van der Waals surface area contributed by atoms with E-state index < -0.39 is 32.7 Å². The van der Waals surface area contributed by atoms with Gasteiger partial charge in [0.15, 0.2) is 0 Å². The number of halogens is 1. The lowest BCUT2D eigenvalue weighted by atomic mass is 10.2. The van der Waals surface area contributed by atoms with Crippen molar-refractivity contribution in [2.24, 2.45) is 0 Å². The zero-order valence-corrected chi connectivity index (χ0v) is 18.0. The SMILES string of the molecule is CCOCCCNC(=O)c1ccc(S(=O)(=O)NC(=O)c2ccc(C(=O)O)nc2)c(Cl)c1. The van der Waals surface area contributed by atoms with Crippen LogP contribution in [0.1, 0.15) is 44.5 Å². The molecule has 2 aromatic rings. The van der Waals surface area contributed by atoms with E-state index in [1.165, 1.54) is 12.1 Å². The number of aromatic carboxylic acids is 1. The van der Waals surface area contributed by atoms with Crippen LogP contribution >= 0.6 is 11.6 Å². The number of ether oxygens (including phenoxy) is 1. The van der Waals surface area contributed by atoms with Gasteiger partial charge in [-0.3, -0.25) is 9.59 Å². The van der Waals surface area contributed by atoms with Crippen LogP contribution in [0.3, 0.4) is 0 Å². The van der Waals surface area contributed by atoms with Gasteiger partial charge < -0.3 is 15.2 Å². The summed E-state index contributed by atoms with van der Waals surface area (Å²) in [4.78, 5) is 38.3. The van der Waals surface area contributed by atoms with Gasteiger partial charge >= 0.3 is 5.97 Å². The van der Waals surface area contributed by atoms with Crippen molar-refractivity contribution in [3.8, 4) is 0 Å². The van der Waals surface area contributed by atoms with Gasteiger partial charge in [-0.1, -0.05) is 11.6 Å². The van der Waals surface area contributed by atoms with E-state index >= 15 is 0 Å². The van der Waals surface area contributed by atoms with Crippen molar-refractivity contribution in [1.29, 1.82) is 0 Å². The molecule has 10 nitrogen and oxygen atoms in total. The number of carboxylic acid groups (broad SMARTS) is 1. The maximum absolute atomic E-state index is 12.5. The highest BCUT2D eigenvalue weighted by molar-refractivity contribution is 7.90. The summed E-state index contributed by atoms with van der Waals surface area (Å²) in [7, 11) is -4.36. The summed E-state index contributed by atoms with van der Waals surface area (Å²) in [6.07, 6.45) is 1.56. The molecule has 0 bridgehead atoms. The molecule has 0 aliphatic carbocycles. The van der Waals surface area contributed by atoms with Gasteiger partial charge in [-0.05, 0) is 43.7 Å². The van der Waals surface area contributed by atoms with Crippen LogP contribution in [0.4, 0.5) is 0 Å². The molecule has 0 radical (unpaired) electrons. The average Bonchev–Trinajstić information content (AvgIpc) is 2.72. The Morgan fingerprint density at radius 3 is 2.42 bits per heavy atom. The third-order valence-corrected chi connectivity index (χ3v) is 5.72. The Morgan fingerprint density at radius 2 is 1.84 bits per heavy atom. The zero-order valence-electron chi connectivity index (χ0n) is 16.4. The molecule has 166 valence electrons. The molecule has 31 heavy (non-hydrogen) atoms. The van der Waals surface area contributed by atoms with Crippen molar-refractivity contribution < 1.29 is 32.6 Å². The number of carboxylic acids is 1. The van der Waals surface area contributed by atoms with Gasteiger partial charge in [-0.2, -0.15) is 0 Å². The highest BCUT2D eigenvalue weighted by Gasteiger charge is 2.23. The Labute approximate surface area is 183 Å². The number of sulfonamides is 1. The second-order valence-corrected chi connectivity index (χ2v) is 8.18. The van der Waals surface area contributed by atoms with E-state index in [-0.39, 0.29) is 21.8 Å². The molecule has 0 fully saturated rings. The standard InChI is InChI=1S/C19H20ClN3O7S/c1-2-30-9-3-8-21-17(24)12-5-7-16(14(20)10-12)31(28,29)23-18(25)13-4-6-15(19(26)27)22-11-13/h4-7,10-11H,2-3,8-9H2,1H3,(H,21,24)(H,23,25)(H,26,27). The Kier molecular flexibility index (Phi) is 8.48. The molecule has 0 atom stereocenters. The predicted octanol–water partition coefficient (Wildman–Crippen LogP) is 1.71. The van der Waals surface area contributed by atoms with Gasteiger partial charge in [0.1, 0.15) is 10.6 Å². The van der Waals surface area contributed by atoms with E-state index in [0.29, 0.717) is 26.2 Å². The Hall–Kier alpha value is -3.02. The van der Waals surface area contributed by atoms with E-state index in [1.54, 1.807) is 0 Å². The topological polar surface area (TPSA) is 152 Å². The first-order valence-electron chi connectivity index (χ1n) is 9.07. The fourth-order valence-corrected chi connectivity index (χ4v) is 3.89. The summed E-state index contributed by atoms with van der Waals surface area (Å²) in [5.74, 6) is -2.74. The summed E-state index contributed by atoms with van der Waals surface area (Å²) in [5.41, 5.74) is -0.304. The normalized spacial score (nSPS) is 11.0. The highest BCUT2D eigenvalue weighted by Crippen LogP contribution is 2.23. The first-order chi connectivity index (χ1) is 14.7. The third kappa shape index (κ3) is 6.74.